The van der Waals surface area contributed by atoms with Crippen molar-refractivity contribution in [3.63, 3.8) is 0 Å². The maximum Gasteiger partial charge on any atom is 0.412 e. The van der Waals surface area contributed by atoms with Crippen molar-refractivity contribution in [3.8, 4) is 0 Å². The normalized spacial score (nSPS) is 16.3. The van der Waals surface area contributed by atoms with Crippen LogP contribution in [-0.4, -0.2) is 58.6 Å². The van der Waals surface area contributed by atoms with Gasteiger partial charge in [-0.1, -0.05) is 11.6 Å². The van der Waals surface area contributed by atoms with Gasteiger partial charge in [-0.2, -0.15) is 0 Å². The number of carbonyl (C=O) groups excluding carboxylic acids is 3. The lowest BCUT2D eigenvalue weighted by Crippen LogP contribution is -2.45. The average molecular weight is 426 g/mol. The number of halogens is 1. The van der Waals surface area contributed by atoms with Gasteiger partial charge in [0.2, 0.25) is 5.91 Å². The fourth-order valence-electron chi connectivity index (χ4n) is 2.85. The van der Waals surface area contributed by atoms with Crippen LogP contribution in [0.1, 0.15) is 44.0 Å². The van der Waals surface area contributed by atoms with Crippen molar-refractivity contribution in [3.05, 3.63) is 28.8 Å². The van der Waals surface area contributed by atoms with Gasteiger partial charge in [0.05, 0.1) is 17.3 Å². The number of rotatable bonds is 5. The lowest BCUT2D eigenvalue weighted by atomic mass is 10.2. The third-order valence-corrected chi connectivity index (χ3v) is 4.44. The Labute approximate surface area is 173 Å². The van der Waals surface area contributed by atoms with Gasteiger partial charge in [-0.15, -0.1) is 0 Å². The summed E-state index contributed by atoms with van der Waals surface area (Å²) < 4.78 is 5.14. The van der Waals surface area contributed by atoms with Gasteiger partial charge in [0.1, 0.15) is 11.6 Å². The number of anilines is 1. The second-order valence-corrected chi connectivity index (χ2v) is 7.99. The van der Waals surface area contributed by atoms with Crippen molar-refractivity contribution in [2.24, 2.45) is 0 Å². The van der Waals surface area contributed by atoms with Crippen LogP contribution in [-0.2, 0) is 14.3 Å². The summed E-state index contributed by atoms with van der Waals surface area (Å²) in [5.41, 5.74) is -0.207. The molecule has 0 radical (unpaired) electrons. The molecular formula is C19H24ClN3O6. The van der Waals surface area contributed by atoms with E-state index in [1.807, 2.05) is 0 Å². The van der Waals surface area contributed by atoms with Gasteiger partial charge in [-0.3, -0.25) is 14.9 Å². The highest BCUT2D eigenvalue weighted by Crippen LogP contribution is 2.24. The van der Waals surface area contributed by atoms with Gasteiger partial charge < -0.3 is 20.1 Å². The Morgan fingerprint density at radius 3 is 2.55 bits per heavy atom. The minimum atomic E-state index is -1.05. The monoisotopic (exact) mass is 425 g/mol. The highest BCUT2D eigenvalue weighted by atomic mass is 35.5. The minimum absolute atomic E-state index is 0.125. The fourth-order valence-corrected chi connectivity index (χ4v) is 3.08. The number of carbonyl (C=O) groups is 4. The number of ether oxygens (including phenoxy) is 1. The molecule has 1 aromatic rings. The number of nitrogens with zero attached hydrogens (tertiary/aromatic N) is 1. The van der Waals surface area contributed by atoms with E-state index < -0.39 is 35.5 Å². The number of benzene rings is 1. The molecule has 0 unspecified atom stereocenters. The molecule has 0 aromatic heterocycles. The first-order valence-electron chi connectivity index (χ1n) is 9.08. The number of aliphatic carboxylic acids is 1. The van der Waals surface area contributed by atoms with Crippen LogP contribution in [0.5, 0.6) is 0 Å². The van der Waals surface area contributed by atoms with Gasteiger partial charge >= 0.3 is 12.1 Å². The first-order chi connectivity index (χ1) is 13.5. The smallest absolute Gasteiger partial charge is 0.412 e. The Hall–Kier alpha value is -2.81. The van der Waals surface area contributed by atoms with E-state index in [-0.39, 0.29) is 22.8 Å². The number of carboxylic acid groups (broad SMARTS) is 1. The summed E-state index contributed by atoms with van der Waals surface area (Å²) in [5, 5.41) is 14.2. The largest absolute Gasteiger partial charge is 0.480 e. The predicted molar refractivity (Wildman–Crippen MR) is 106 cm³/mol. The van der Waals surface area contributed by atoms with Gasteiger partial charge in [0.25, 0.3) is 5.91 Å². The summed E-state index contributed by atoms with van der Waals surface area (Å²) in [6.07, 6.45) is 0.329. The summed E-state index contributed by atoms with van der Waals surface area (Å²) in [7, 11) is 0. The van der Waals surface area contributed by atoms with E-state index in [4.69, 9.17) is 21.4 Å². The number of likely N-dealkylation sites (tertiary alicyclic amines) is 1. The second kappa shape index (κ2) is 9.13. The van der Waals surface area contributed by atoms with Crippen LogP contribution in [0.4, 0.5) is 10.5 Å². The van der Waals surface area contributed by atoms with E-state index in [1.54, 1.807) is 20.8 Å². The third-order valence-electron chi connectivity index (χ3n) is 4.13. The molecule has 10 heteroatoms. The Morgan fingerprint density at radius 1 is 1.28 bits per heavy atom. The summed E-state index contributed by atoms with van der Waals surface area (Å²) in [6, 6.07) is 3.38. The summed E-state index contributed by atoms with van der Waals surface area (Å²) >= 11 is 6.12. The summed E-state index contributed by atoms with van der Waals surface area (Å²) in [6.45, 7) is 5.21. The van der Waals surface area contributed by atoms with Gasteiger partial charge in [0.15, 0.2) is 0 Å². The van der Waals surface area contributed by atoms with Crippen LogP contribution in [0.25, 0.3) is 0 Å². The van der Waals surface area contributed by atoms with Crippen molar-refractivity contribution in [2.45, 2.75) is 45.3 Å². The third kappa shape index (κ3) is 6.35. The molecule has 1 aliphatic heterocycles. The minimum Gasteiger partial charge on any atom is -0.480 e. The molecule has 29 heavy (non-hydrogen) atoms. The Morgan fingerprint density at radius 2 is 1.97 bits per heavy atom. The van der Waals surface area contributed by atoms with E-state index in [0.29, 0.717) is 19.4 Å². The maximum absolute atomic E-state index is 12.3. The zero-order chi connectivity index (χ0) is 21.8. The van der Waals surface area contributed by atoms with Crippen molar-refractivity contribution >= 4 is 41.2 Å². The van der Waals surface area contributed by atoms with Crippen LogP contribution in [0.3, 0.4) is 0 Å². The Balaban J connectivity index is 1.94. The van der Waals surface area contributed by atoms with Crippen molar-refractivity contribution < 1.29 is 29.0 Å². The molecule has 1 aromatic carbocycles. The Bertz CT molecular complexity index is 821. The van der Waals surface area contributed by atoms with Crippen LogP contribution < -0.4 is 10.6 Å². The average Bonchev–Trinajstić information content (AvgIpc) is 3.09. The molecule has 1 aliphatic rings. The van der Waals surface area contributed by atoms with Crippen LogP contribution in [0, 0.1) is 0 Å². The molecule has 3 amide bonds. The quantitative estimate of drug-likeness (QED) is 0.665. The number of hydrogen-bond acceptors (Lipinski definition) is 5. The summed E-state index contributed by atoms with van der Waals surface area (Å²) in [4.78, 5) is 48.7. The molecule has 0 spiro atoms. The molecule has 3 N–H and O–H groups in total. The van der Waals surface area contributed by atoms with Crippen molar-refractivity contribution in [2.75, 3.05) is 18.4 Å². The topological polar surface area (TPSA) is 125 Å². The lowest BCUT2D eigenvalue weighted by Gasteiger charge is -2.21. The molecule has 2 rings (SSSR count). The first-order valence-corrected chi connectivity index (χ1v) is 9.46. The standard InChI is InChI=1S/C19H24ClN3O6/c1-19(2,3)29-18(28)22-13-7-6-11(9-12(13)20)16(25)21-10-15(24)23-8-4-5-14(23)17(26)27/h6-7,9,14H,4-5,8,10H2,1-3H3,(H,21,25)(H,22,28)(H,26,27)/t14-/m1/s1. The number of amides is 3. The van der Waals surface area contributed by atoms with Crippen LogP contribution in [0.2, 0.25) is 5.02 Å². The van der Waals surface area contributed by atoms with E-state index in [2.05, 4.69) is 10.6 Å². The Kier molecular flexibility index (Phi) is 7.07. The van der Waals surface area contributed by atoms with Gasteiger partial charge in [-0.05, 0) is 51.8 Å². The summed E-state index contributed by atoms with van der Waals surface area (Å²) in [5.74, 6) is -2.06. The zero-order valence-electron chi connectivity index (χ0n) is 16.5. The van der Waals surface area contributed by atoms with E-state index in [0.717, 1.165) is 0 Å². The molecule has 1 atom stereocenters. The molecule has 1 heterocycles. The second-order valence-electron chi connectivity index (χ2n) is 7.59. The van der Waals surface area contributed by atoms with Crippen LogP contribution in [0.15, 0.2) is 18.2 Å². The lowest BCUT2D eigenvalue weighted by molar-refractivity contribution is -0.147. The van der Waals surface area contributed by atoms with Crippen LogP contribution >= 0.6 is 11.6 Å². The molecule has 0 bridgehead atoms. The van der Waals surface area contributed by atoms with Crippen molar-refractivity contribution in [1.82, 2.24) is 10.2 Å². The van der Waals surface area contributed by atoms with Gasteiger partial charge in [0, 0.05) is 12.1 Å². The van der Waals surface area contributed by atoms with E-state index >= 15 is 0 Å². The molecular weight excluding hydrogens is 402 g/mol. The maximum atomic E-state index is 12.3. The number of nitrogens with one attached hydrogen (secondary N) is 2. The SMILES string of the molecule is CC(C)(C)OC(=O)Nc1ccc(C(=O)NCC(=O)N2CCC[C@@H]2C(=O)O)cc1Cl. The van der Waals surface area contributed by atoms with E-state index in [1.165, 1.54) is 23.1 Å². The van der Waals surface area contributed by atoms with Crippen molar-refractivity contribution in [1.29, 1.82) is 0 Å². The van der Waals surface area contributed by atoms with E-state index in [9.17, 15) is 19.2 Å². The molecule has 9 nitrogen and oxygen atoms in total. The van der Waals surface area contributed by atoms with Gasteiger partial charge in [-0.25, -0.2) is 9.59 Å². The fraction of sp³-hybridized carbons (Fsp3) is 0.474. The number of hydrogen-bond donors (Lipinski definition) is 3. The highest BCUT2D eigenvalue weighted by molar-refractivity contribution is 6.34. The molecule has 1 saturated heterocycles. The highest BCUT2D eigenvalue weighted by Gasteiger charge is 2.33. The number of carboxylic acids is 1. The molecule has 0 saturated carbocycles. The molecule has 158 valence electrons. The zero-order valence-corrected chi connectivity index (χ0v) is 17.2. The predicted octanol–water partition coefficient (Wildman–Crippen LogP) is 2.49. The molecule has 1 fully saturated rings. The molecule has 0 aliphatic carbocycles. The first kappa shape index (κ1) is 22.5.